The van der Waals surface area contributed by atoms with E-state index in [-0.39, 0.29) is 5.56 Å². The first-order valence-corrected chi connectivity index (χ1v) is 18.1. The van der Waals surface area contributed by atoms with Gasteiger partial charge >= 0.3 is 13.6 Å². The number of benzene rings is 2. The van der Waals surface area contributed by atoms with E-state index in [4.69, 9.17) is 14.8 Å². The molecular weight excluding hydrogens is 689 g/mol. The Morgan fingerprint density at radius 1 is 0.566 bits per heavy atom. The van der Waals surface area contributed by atoms with E-state index in [1.165, 1.54) is 12.7 Å². The molecule has 0 unspecified atom stereocenters. The summed E-state index contributed by atoms with van der Waals surface area (Å²) in [6, 6.07) is 39.5. The van der Waals surface area contributed by atoms with E-state index in [0.717, 1.165) is 16.8 Å². The van der Waals surface area contributed by atoms with Gasteiger partial charge in [0.2, 0.25) is 0 Å². The molecule has 8 rings (SSSR count). The van der Waals surface area contributed by atoms with Crippen molar-refractivity contribution in [2.45, 2.75) is 0 Å². The van der Waals surface area contributed by atoms with Crippen molar-refractivity contribution in [1.29, 1.82) is 0 Å². The lowest BCUT2D eigenvalue weighted by Crippen LogP contribution is -2.01. The Bertz CT molecular complexity index is 2450. The third kappa shape index (κ3) is 9.60. The Kier molecular flexibility index (Phi) is 11.3. The minimum absolute atomic E-state index is 0.179. The van der Waals surface area contributed by atoms with Crippen LogP contribution < -0.4 is 14.8 Å². The second-order valence-corrected chi connectivity index (χ2v) is 13.1. The zero-order chi connectivity index (χ0) is 37.0. The summed E-state index contributed by atoms with van der Waals surface area (Å²) < 4.78 is 22.8. The molecule has 0 spiro atoms. The first-order chi connectivity index (χ1) is 25.8. The van der Waals surface area contributed by atoms with Crippen molar-refractivity contribution in [2.75, 3.05) is 12.4 Å². The summed E-state index contributed by atoms with van der Waals surface area (Å²) in [7, 11) is -3.14. The van der Waals surface area contributed by atoms with Gasteiger partial charge in [-0.2, -0.15) is 0 Å². The SMILES string of the molecule is CP(=O)(Oc1ccccc1)Oc1ccccc1.Nc1cc(-c2ccccn2)nc2ncccc12.O=C(O)c1cc(-c2ccccn2)nc2ncccc12. The van der Waals surface area contributed by atoms with Gasteiger partial charge in [-0.3, -0.25) is 9.97 Å². The number of rotatable bonds is 7. The second-order valence-electron chi connectivity index (χ2n) is 11.2. The van der Waals surface area contributed by atoms with Crippen LogP contribution in [0.2, 0.25) is 0 Å². The summed E-state index contributed by atoms with van der Waals surface area (Å²) in [4.78, 5) is 36.9. The lowest BCUT2D eigenvalue weighted by molar-refractivity contribution is 0.0699. The Balaban J connectivity index is 0.000000136. The lowest BCUT2D eigenvalue weighted by Gasteiger charge is -2.15. The summed E-state index contributed by atoms with van der Waals surface area (Å²) in [5.74, 6) is 0.0705. The molecule has 0 aliphatic carbocycles. The van der Waals surface area contributed by atoms with Crippen LogP contribution in [0.5, 0.6) is 11.5 Å². The van der Waals surface area contributed by atoms with Gasteiger partial charge in [0.1, 0.15) is 11.5 Å². The molecule has 0 saturated carbocycles. The fourth-order valence-electron chi connectivity index (χ4n) is 4.97. The van der Waals surface area contributed by atoms with E-state index in [1.807, 2.05) is 78.9 Å². The number of aromatic nitrogens is 6. The highest BCUT2D eigenvalue weighted by Crippen LogP contribution is 2.44. The number of nitrogens with two attached hydrogens (primary N) is 1. The molecule has 12 nitrogen and oxygen atoms in total. The molecule has 0 bridgehead atoms. The van der Waals surface area contributed by atoms with Crippen LogP contribution >= 0.6 is 7.60 Å². The standard InChI is InChI=1S/C14H9N3O2.C13H10N4.C13H13O3P/c18-14(19)10-8-12(11-5-1-2-6-15-11)17-13-9(10)4-3-7-16-13;14-10-8-12(11-5-1-2-6-15-11)17-13-9(10)4-3-7-16-13;1-17(14,15-12-8-4-2-5-9-12)16-13-10-6-3-7-11-13/h1-8H,(H,18,19);1-8H,(H2,14,16,17);2-11H,1H3. The Morgan fingerprint density at radius 3 is 1.51 bits per heavy atom. The molecule has 13 heteroatoms. The molecule has 3 N–H and O–H groups in total. The van der Waals surface area contributed by atoms with Crippen LogP contribution in [0, 0.1) is 0 Å². The third-order valence-electron chi connectivity index (χ3n) is 7.31. The van der Waals surface area contributed by atoms with Crippen LogP contribution in [0.4, 0.5) is 5.69 Å². The van der Waals surface area contributed by atoms with E-state index in [9.17, 15) is 14.5 Å². The van der Waals surface area contributed by atoms with E-state index in [0.29, 0.717) is 45.3 Å². The van der Waals surface area contributed by atoms with Crippen LogP contribution in [0.1, 0.15) is 10.4 Å². The minimum atomic E-state index is -3.14. The third-order valence-corrected chi connectivity index (χ3v) is 8.40. The first kappa shape index (κ1) is 35.8. The second kappa shape index (κ2) is 16.8. The molecule has 0 amide bonds. The fourth-order valence-corrected chi connectivity index (χ4v) is 6.02. The molecule has 262 valence electrons. The largest absolute Gasteiger partial charge is 0.478 e. The summed E-state index contributed by atoms with van der Waals surface area (Å²) in [6.45, 7) is 1.45. The van der Waals surface area contributed by atoms with Gasteiger partial charge in [0.05, 0.1) is 35.0 Å². The summed E-state index contributed by atoms with van der Waals surface area (Å²) in [5.41, 5.74) is 10.6. The number of hydrogen-bond acceptors (Lipinski definition) is 11. The fraction of sp³-hybridized carbons (Fsp3) is 0.0250. The van der Waals surface area contributed by atoms with Gasteiger partial charge in [0.25, 0.3) is 0 Å². The van der Waals surface area contributed by atoms with E-state index in [2.05, 4.69) is 29.9 Å². The van der Waals surface area contributed by atoms with E-state index >= 15 is 0 Å². The maximum atomic E-state index is 12.1. The van der Waals surface area contributed by atoms with Crippen LogP contribution in [-0.4, -0.2) is 47.6 Å². The number of nitrogen functional groups attached to an aromatic ring is 1. The Morgan fingerprint density at radius 2 is 1.02 bits per heavy atom. The number of para-hydroxylation sites is 2. The van der Waals surface area contributed by atoms with Gasteiger partial charge in [0.15, 0.2) is 11.3 Å². The molecule has 6 heterocycles. The number of anilines is 1. The average Bonchev–Trinajstić information content (AvgIpc) is 3.19. The smallest absolute Gasteiger partial charge is 0.427 e. The van der Waals surface area contributed by atoms with Crippen molar-refractivity contribution in [1.82, 2.24) is 29.9 Å². The van der Waals surface area contributed by atoms with Gasteiger partial charge in [-0.05, 0) is 84.9 Å². The van der Waals surface area contributed by atoms with Gasteiger partial charge in [-0.25, -0.2) is 29.3 Å². The zero-order valence-electron chi connectivity index (χ0n) is 28.3. The normalized spacial score (nSPS) is 10.7. The van der Waals surface area contributed by atoms with E-state index < -0.39 is 13.6 Å². The predicted molar refractivity (Wildman–Crippen MR) is 205 cm³/mol. The number of aromatic carboxylic acids is 1. The van der Waals surface area contributed by atoms with Crippen molar-refractivity contribution in [3.05, 3.63) is 164 Å². The van der Waals surface area contributed by atoms with E-state index in [1.54, 1.807) is 73.3 Å². The van der Waals surface area contributed by atoms with Crippen LogP contribution in [0.25, 0.3) is 44.8 Å². The summed E-state index contributed by atoms with van der Waals surface area (Å²) in [5, 5.41) is 10.7. The topological polar surface area (TPSA) is 176 Å². The van der Waals surface area contributed by atoms with Crippen molar-refractivity contribution in [3.63, 3.8) is 0 Å². The number of fused-ring (bicyclic) bond motifs is 2. The molecule has 2 aromatic carbocycles. The molecule has 53 heavy (non-hydrogen) atoms. The molecule has 0 saturated heterocycles. The van der Waals surface area contributed by atoms with Crippen LogP contribution in [-0.2, 0) is 4.57 Å². The average molecular weight is 722 g/mol. The molecule has 6 aromatic heterocycles. The maximum absolute atomic E-state index is 12.1. The number of nitrogens with zero attached hydrogens (tertiary/aromatic N) is 6. The molecule has 8 aromatic rings. The monoisotopic (exact) mass is 721 g/mol. The minimum Gasteiger partial charge on any atom is -0.478 e. The molecule has 0 atom stereocenters. The van der Waals surface area contributed by atoms with Crippen LogP contribution in [0.15, 0.2) is 158 Å². The van der Waals surface area contributed by atoms with Crippen LogP contribution in [0.3, 0.4) is 0 Å². The number of pyridine rings is 6. The molecule has 0 aliphatic rings. The zero-order valence-corrected chi connectivity index (χ0v) is 29.2. The predicted octanol–water partition coefficient (Wildman–Crippen LogP) is 8.63. The van der Waals surface area contributed by atoms with Crippen molar-refractivity contribution < 1.29 is 23.5 Å². The van der Waals surface area contributed by atoms with Gasteiger partial charge in [-0.1, -0.05) is 48.5 Å². The summed E-state index contributed by atoms with van der Waals surface area (Å²) in [6.07, 6.45) is 6.66. The van der Waals surface area contributed by atoms with Gasteiger partial charge < -0.3 is 19.9 Å². The Labute approximate surface area is 304 Å². The molecule has 0 radical (unpaired) electrons. The highest BCUT2D eigenvalue weighted by atomic mass is 31.2. The van der Waals surface area contributed by atoms with Crippen molar-refractivity contribution in [2.24, 2.45) is 0 Å². The quantitative estimate of drug-likeness (QED) is 0.150. The highest BCUT2D eigenvalue weighted by Gasteiger charge is 2.20. The van der Waals surface area contributed by atoms with Gasteiger partial charge in [0, 0.05) is 41.2 Å². The van der Waals surface area contributed by atoms with Crippen molar-refractivity contribution >= 4 is 41.3 Å². The maximum Gasteiger partial charge on any atom is 0.427 e. The number of hydrogen-bond donors (Lipinski definition) is 2. The lowest BCUT2D eigenvalue weighted by atomic mass is 10.1. The van der Waals surface area contributed by atoms with Crippen molar-refractivity contribution in [3.8, 4) is 34.3 Å². The molecular formula is C40H32N7O5P. The highest BCUT2D eigenvalue weighted by molar-refractivity contribution is 7.53. The molecule has 0 aliphatic heterocycles. The van der Waals surface area contributed by atoms with Gasteiger partial charge in [-0.15, -0.1) is 0 Å². The first-order valence-electron chi connectivity index (χ1n) is 16.2. The number of carboxylic acid groups (broad SMARTS) is 1. The number of carboxylic acids is 1. The summed E-state index contributed by atoms with van der Waals surface area (Å²) >= 11 is 0. The molecule has 0 fully saturated rings. The number of carbonyl (C=O) groups is 1. The Hall–Kier alpha value is -7.04.